The third-order valence-corrected chi connectivity index (χ3v) is 4.37. The van der Waals surface area contributed by atoms with Gasteiger partial charge in [0.15, 0.2) is 0 Å². The van der Waals surface area contributed by atoms with Crippen LogP contribution in [0.4, 0.5) is 0 Å². The molecule has 0 N–H and O–H groups in total. The SMILES string of the molecule is Cc1ccc(C(C)N(C)C(=O)/C=C/c2cn(C)c(=O)n(C)c2=O)cc1. The van der Waals surface area contributed by atoms with Gasteiger partial charge in [-0.05, 0) is 25.5 Å². The number of hydrogen-bond acceptors (Lipinski definition) is 3. The molecule has 1 amide bonds. The summed E-state index contributed by atoms with van der Waals surface area (Å²) in [5.74, 6) is -0.219. The van der Waals surface area contributed by atoms with E-state index >= 15 is 0 Å². The summed E-state index contributed by atoms with van der Waals surface area (Å²) in [5.41, 5.74) is 1.65. The zero-order valence-corrected chi connectivity index (χ0v) is 15.2. The maximum absolute atomic E-state index is 12.4. The lowest BCUT2D eigenvalue weighted by Crippen LogP contribution is -2.37. The van der Waals surface area contributed by atoms with Gasteiger partial charge in [-0.25, -0.2) is 4.79 Å². The zero-order valence-electron chi connectivity index (χ0n) is 15.2. The van der Waals surface area contributed by atoms with E-state index in [2.05, 4.69) is 0 Å². The molecule has 132 valence electrons. The summed E-state index contributed by atoms with van der Waals surface area (Å²) in [7, 11) is 4.69. The van der Waals surface area contributed by atoms with Crippen LogP contribution in [0.15, 0.2) is 46.1 Å². The Kier molecular flexibility index (Phi) is 5.41. The molecular weight excluding hydrogens is 318 g/mol. The van der Waals surface area contributed by atoms with Crippen molar-refractivity contribution in [1.29, 1.82) is 0 Å². The van der Waals surface area contributed by atoms with Gasteiger partial charge in [-0.3, -0.25) is 14.2 Å². The van der Waals surface area contributed by atoms with Gasteiger partial charge < -0.3 is 9.47 Å². The van der Waals surface area contributed by atoms with E-state index in [9.17, 15) is 14.4 Å². The molecule has 1 aromatic carbocycles. The van der Waals surface area contributed by atoms with E-state index < -0.39 is 11.2 Å². The van der Waals surface area contributed by atoms with Crippen molar-refractivity contribution in [2.45, 2.75) is 19.9 Å². The maximum Gasteiger partial charge on any atom is 0.330 e. The number of carbonyl (C=O) groups excluding carboxylic acids is 1. The number of carbonyl (C=O) groups is 1. The fourth-order valence-corrected chi connectivity index (χ4v) is 2.49. The summed E-state index contributed by atoms with van der Waals surface area (Å²) in [5, 5.41) is 0. The minimum atomic E-state index is -0.429. The number of likely N-dealkylation sites (N-methyl/N-ethyl adjacent to an activating group) is 1. The van der Waals surface area contributed by atoms with E-state index in [4.69, 9.17) is 0 Å². The molecule has 1 heterocycles. The Morgan fingerprint density at radius 1 is 1.16 bits per heavy atom. The van der Waals surface area contributed by atoms with Crippen LogP contribution in [-0.2, 0) is 18.9 Å². The van der Waals surface area contributed by atoms with Crippen molar-refractivity contribution in [3.63, 3.8) is 0 Å². The average Bonchev–Trinajstić information content (AvgIpc) is 2.61. The first-order valence-electron chi connectivity index (χ1n) is 8.00. The van der Waals surface area contributed by atoms with Crippen LogP contribution in [0.3, 0.4) is 0 Å². The molecule has 2 rings (SSSR count). The summed E-state index contributed by atoms with van der Waals surface area (Å²) in [6.07, 6.45) is 4.23. The van der Waals surface area contributed by atoms with Crippen molar-refractivity contribution in [1.82, 2.24) is 14.0 Å². The smallest absolute Gasteiger partial charge is 0.330 e. The highest BCUT2D eigenvalue weighted by Gasteiger charge is 2.15. The third-order valence-electron chi connectivity index (χ3n) is 4.37. The minimum Gasteiger partial charge on any atom is -0.335 e. The molecule has 2 aromatic rings. The molecule has 1 atom stereocenters. The van der Waals surface area contributed by atoms with Gasteiger partial charge in [-0.1, -0.05) is 29.8 Å². The van der Waals surface area contributed by atoms with E-state index in [1.165, 1.54) is 30.0 Å². The molecule has 0 fully saturated rings. The predicted molar refractivity (Wildman–Crippen MR) is 98.3 cm³/mol. The number of rotatable bonds is 4. The summed E-state index contributed by atoms with van der Waals surface area (Å²) in [6, 6.07) is 7.91. The molecule has 6 nitrogen and oxygen atoms in total. The monoisotopic (exact) mass is 341 g/mol. The van der Waals surface area contributed by atoms with Crippen molar-refractivity contribution in [2.75, 3.05) is 7.05 Å². The fraction of sp³-hybridized carbons (Fsp3) is 0.316. The van der Waals surface area contributed by atoms with E-state index in [1.54, 1.807) is 19.0 Å². The molecular formula is C19H23N3O3. The molecule has 6 heteroatoms. The highest BCUT2D eigenvalue weighted by molar-refractivity contribution is 5.91. The van der Waals surface area contributed by atoms with Gasteiger partial charge >= 0.3 is 5.69 Å². The van der Waals surface area contributed by atoms with Gasteiger partial charge in [-0.2, -0.15) is 0 Å². The topological polar surface area (TPSA) is 64.3 Å². The van der Waals surface area contributed by atoms with E-state index in [1.807, 2.05) is 38.1 Å². The Bertz CT molecular complexity index is 920. The first-order valence-corrected chi connectivity index (χ1v) is 8.00. The number of amides is 1. The summed E-state index contributed by atoms with van der Waals surface area (Å²) in [6.45, 7) is 3.96. The summed E-state index contributed by atoms with van der Waals surface area (Å²) < 4.78 is 2.33. The number of nitrogens with zero attached hydrogens (tertiary/aromatic N) is 3. The molecule has 0 aliphatic heterocycles. The lowest BCUT2D eigenvalue weighted by molar-refractivity contribution is -0.126. The van der Waals surface area contributed by atoms with Crippen LogP contribution in [0.2, 0.25) is 0 Å². The average molecular weight is 341 g/mol. The first-order chi connectivity index (χ1) is 11.7. The highest BCUT2D eigenvalue weighted by Crippen LogP contribution is 2.19. The predicted octanol–water partition coefficient (Wildman–Crippen LogP) is 1.63. The Labute approximate surface area is 146 Å². The molecule has 25 heavy (non-hydrogen) atoms. The van der Waals surface area contributed by atoms with Crippen molar-refractivity contribution in [3.8, 4) is 0 Å². The molecule has 0 saturated heterocycles. The van der Waals surface area contributed by atoms with Crippen LogP contribution >= 0.6 is 0 Å². The van der Waals surface area contributed by atoms with Gasteiger partial charge in [0.2, 0.25) is 5.91 Å². The Balaban J connectivity index is 2.21. The minimum absolute atomic E-state index is 0.0966. The summed E-state index contributed by atoms with van der Waals surface area (Å²) in [4.78, 5) is 37.8. The van der Waals surface area contributed by atoms with Gasteiger partial charge in [0.05, 0.1) is 11.6 Å². The van der Waals surface area contributed by atoms with Crippen molar-refractivity contribution in [3.05, 3.63) is 74.1 Å². The molecule has 0 aliphatic carbocycles. The lowest BCUT2D eigenvalue weighted by Gasteiger charge is -2.24. The van der Waals surface area contributed by atoms with Crippen LogP contribution in [0, 0.1) is 6.92 Å². The standard InChI is InChI=1S/C19H23N3O3/c1-13-6-8-15(9-7-13)14(2)21(4)17(23)11-10-16-12-20(3)19(25)22(5)18(16)24/h6-12,14H,1-5H3/b11-10+. The second kappa shape index (κ2) is 7.34. The van der Waals surface area contributed by atoms with Gasteiger partial charge in [-0.15, -0.1) is 0 Å². The quantitative estimate of drug-likeness (QED) is 0.794. The number of hydrogen-bond donors (Lipinski definition) is 0. The molecule has 0 bridgehead atoms. The normalized spacial score (nSPS) is 12.4. The van der Waals surface area contributed by atoms with Gasteiger partial charge in [0.1, 0.15) is 0 Å². The van der Waals surface area contributed by atoms with E-state index in [-0.39, 0.29) is 17.5 Å². The van der Waals surface area contributed by atoms with Crippen molar-refractivity contribution >= 4 is 12.0 Å². The fourth-order valence-electron chi connectivity index (χ4n) is 2.49. The maximum atomic E-state index is 12.4. The van der Waals surface area contributed by atoms with E-state index in [0.29, 0.717) is 0 Å². The highest BCUT2D eigenvalue weighted by atomic mass is 16.2. The largest absolute Gasteiger partial charge is 0.335 e. The van der Waals surface area contributed by atoms with Crippen LogP contribution in [-0.4, -0.2) is 27.0 Å². The van der Waals surface area contributed by atoms with Crippen LogP contribution < -0.4 is 11.2 Å². The molecule has 0 aliphatic rings. The van der Waals surface area contributed by atoms with Crippen molar-refractivity contribution in [2.24, 2.45) is 14.1 Å². The van der Waals surface area contributed by atoms with Gasteiger partial charge in [0.25, 0.3) is 5.56 Å². The van der Waals surface area contributed by atoms with Crippen molar-refractivity contribution < 1.29 is 4.79 Å². The molecule has 1 aromatic heterocycles. The van der Waals surface area contributed by atoms with Crippen LogP contribution in [0.5, 0.6) is 0 Å². The molecule has 0 radical (unpaired) electrons. The molecule has 1 unspecified atom stereocenters. The number of benzene rings is 1. The second-order valence-corrected chi connectivity index (χ2v) is 6.21. The first kappa shape index (κ1) is 18.4. The molecule has 0 spiro atoms. The zero-order chi connectivity index (χ0) is 18.7. The van der Waals surface area contributed by atoms with Gasteiger partial charge in [0, 0.05) is 33.4 Å². The Morgan fingerprint density at radius 3 is 2.36 bits per heavy atom. The van der Waals surface area contributed by atoms with Crippen LogP contribution in [0.25, 0.3) is 6.08 Å². The van der Waals surface area contributed by atoms with Crippen LogP contribution in [0.1, 0.15) is 29.7 Å². The second-order valence-electron chi connectivity index (χ2n) is 6.21. The number of aromatic nitrogens is 2. The van der Waals surface area contributed by atoms with E-state index in [0.717, 1.165) is 15.7 Å². The lowest BCUT2D eigenvalue weighted by atomic mass is 10.1. The summed E-state index contributed by atoms with van der Waals surface area (Å²) >= 11 is 0. The Morgan fingerprint density at radius 2 is 1.76 bits per heavy atom. The number of aryl methyl sites for hydroxylation is 2. The Hall–Kier alpha value is -2.89. The third kappa shape index (κ3) is 3.96. The molecule has 0 saturated carbocycles.